The van der Waals surface area contributed by atoms with E-state index in [1.54, 1.807) is 0 Å². The Balaban J connectivity index is 1.81. The van der Waals surface area contributed by atoms with Crippen LogP contribution in [-0.2, 0) is 11.3 Å². The van der Waals surface area contributed by atoms with Crippen LogP contribution in [0.15, 0.2) is 24.3 Å². The summed E-state index contributed by atoms with van der Waals surface area (Å²) in [4.78, 5) is 12.0. The fraction of sp³-hybridized carbons (Fsp3) is 0.588. The highest BCUT2D eigenvalue weighted by Crippen LogP contribution is 2.27. The fourth-order valence-corrected chi connectivity index (χ4v) is 2.77. The van der Waals surface area contributed by atoms with E-state index in [4.69, 9.17) is 4.74 Å². The van der Waals surface area contributed by atoms with Gasteiger partial charge in [0.25, 0.3) is 0 Å². The van der Waals surface area contributed by atoms with Crippen molar-refractivity contribution >= 4 is 11.7 Å². The van der Waals surface area contributed by atoms with Crippen LogP contribution in [0.4, 0.5) is 10.5 Å². The molecule has 1 aliphatic rings. The molecule has 1 aromatic rings. The van der Waals surface area contributed by atoms with Crippen molar-refractivity contribution in [3.8, 4) is 0 Å². The first-order chi connectivity index (χ1) is 10.6. The second kappa shape index (κ2) is 8.15. The van der Waals surface area contributed by atoms with Gasteiger partial charge in [-0.2, -0.15) is 0 Å². The molecule has 0 aromatic heterocycles. The molecule has 2 amide bonds. The number of hydrogen-bond donors (Lipinski definition) is 3. The van der Waals surface area contributed by atoms with Gasteiger partial charge in [-0.25, -0.2) is 4.79 Å². The second-order valence-electron chi connectivity index (χ2n) is 5.93. The number of anilines is 1. The molecule has 0 spiro atoms. The Morgan fingerprint density at radius 3 is 2.82 bits per heavy atom. The van der Waals surface area contributed by atoms with E-state index in [1.807, 2.05) is 31.2 Å². The zero-order chi connectivity index (χ0) is 15.8. The van der Waals surface area contributed by atoms with Crippen molar-refractivity contribution < 1.29 is 14.6 Å². The minimum Gasteiger partial charge on any atom is -0.388 e. The Kier molecular flexibility index (Phi) is 6.21. The average Bonchev–Trinajstić information content (AvgIpc) is 2.52. The lowest BCUT2D eigenvalue weighted by molar-refractivity contribution is 0.00755. The molecular weight excluding hydrogens is 280 g/mol. The Morgan fingerprint density at radius 2 is 2.09 bits per heavy atom. The SMILES string of the molecule is CCOCc1cccc(NC(=O)NCC2(O)CCCCC2)c1. The zero-order valence-corrected chi connectivity index (χ0v) is 13.2. The minimum absolute atomic E-state index is 0.285. The van der Waals surface area contributed by atoms with Crippen LogP contribution in [0.5, 0.6) is 0 Å². The number of urea groups is 1. The van der Waals surface area contributed by atoms with Crippen molar-refractivity contribution in [2.24, 2.45) is 0 Å². The molecule has 0 unspecified atom stereocenters. The van der Waals surface area contributed by atoms with Gasteiger partial charge in [-0.3, -0.25) is 0 Å². The molecule has 2 rings (SSSR count). The third-order valence-electron chi connectivity index (χ3n) is 4.02. The molecule has 0 atom stereocenters. The average molecular weight is 306 g/mol. The van der Waals surface area contributed by atoms with Gasteiger partial charge in [-0.05, 0) is 37.5 Å². The number of nitrogens with one attached hydrogen (secondary N) is 2. The van der Waals surface area contributed by atoms with Crippen molar-refractivity contribution in [2.45, 2.75) is 51.2 Å². The summed E-state index contributed by atoms with van der Waals surface area (Å²) >= 11 is 0. The standard InChI is InChI=1S/C17H26N2O3/c1-2-22-12-14-7-6-8-15(11-14)19-16(20)18-13-17(21)9-4-3-5-10-17/h6-8,11,21H,2-5,9-10,12-13H2,1H3,(H2,18,19,20). The predicted octanol–water partition coefficient (Wildman–Crippen LogP) is 3.04. The third kappa shape index (κ3) is 5.31. The van der Waals surface area contributed by atoms with E-state index < -0.39 is 5.60 Å². The van der Waals surface area contributed by atoms with Crippen LogP contribution in [0.2, 0.25) is 0 Å². The predicted molar refractivity (Wildman–Crippen MR) is 86.8 cm³/mol. The fourth-order valence-electron chi connectivity index (χ4n) is 2.77. The van der Waals surface area contributed by atoms with Crippen molar-refractivity contribution in [2.75, 3.05) is 18.5 Å². The molecule has 5 heteroatoms. The number of benzene rings is 1. The molecule has 0 radical (unpaired) electrons. The van der Waals surface area contributed by atoms with Crippen molar-refractivity contribution in [3.05, 3.63) is 29.8 Å². The number of hydrogen-bond acceptors (Lipinski definition) is 3. The Bertz CT molecular complexity index is 485. The molecule has 1 saturated carbocycles. The summed E-state index contributed by atoms with van der Waals surface area (Å²) in [6.07, 6.45) is 4.74. The van der Waals surface area contributed by atoms with E-state index in [9.17, 15) is 9.90 Å². The van der Waals surface area contributed by atoms with Crippen molar-refractivity contribution in [1.82, 2.24) is 5.32 Å². The number of aliphatic hydroxyl groups is 1. The number of ether oxygens (including phenoxy) is 1. The van der Waals surface area contributed by atoms with Gasteiger partial charge in [0, 0.05) is 18.8 Å². The first-order valence-electron chi connectivity index (χ1n) is 8.05. The molecule has 122 valence electrons. The van der Waals surface area contributed by atoms with Gasteiger partial charge < -0.3 is 20.5 Å². The van der Waals surface area contributed by atoms with Gasteiger partial charge in [-0.15, -0.1) is 0 Å². The van der Waals surface area contributed by atoms with Crippen molar-refractivity contribution in [3.63, 3.8) is 0 Å². The van der Waals surface area contributed by atoms with Crippen molar-refractivity contribution in [1.29, 1.82) is 0 Å². The van der Waals surface area contributed by atoms with Gasteiger partial charge >= 0.3 is 6.03 Å². The smallest absolute Gasteiger partial charge is 0.319 e. The van der Waals surface area contributed by atoms with Gasteiger partial charge in [0.05, 0.1) is 12.2 Å². The molecule has 0 bridgehead atoms. The highest BCUT2D eigenvalue weighted by Gasteiger charge is 2.29. The molecule has 0 aliphatic heterocycles. The molecule has 0 saturated heterocycles. The van der Waals surface area contributed by atoms with E-state index in [0.29, 0.717) is 19.8 Å². The van der Waals surface area contributed by atoms with Crippen LogP contribution in [0, 0.1) is 0 Å². The summed E-state index contributed by atoms with van der Waals surface area (Å²) < 4.78 is 5.36. The minimum atomic E-state index is -0.744. The summed E-state index contributed by atoms with van der Waals surface area (Å²) in [5.41, 5.74) is 1.00. The number of carbonyl (C=O) groups is 1. The summed E-state index contributed by atoms with van der Waals surface area (Å²) in [5.74, 6) is 0. The van der Waals surface area contributed by atoms with E-state index in [2.05, 4.69) is 10.6 Å². The number of amides is 2. The van der Waals surface area contributed by atoms with Crippen LogP contribution < -0.4 is 10.6 Å². The largest absolute Gasteiger partial charge is 0.388 e. The topological polar surface area (TPSA) is 70.6 Å². The normalized spacial score (nSPS) is 17.0. The highest BCUT2D eigenvalue weighted by molar-refractivity contribution is 5.89. The number of carbonyl (C=O) groups excluding carboxylic acids is 1. The first kappa shape index (κ1) is 16.8. The first-order valence-corrected chi connectivity index (χ1v) is 8.05. The molecule has 22 heavy (non-hydrogen) atoms. The summed E-state index contributed by atoms with van der Waals surface area (Å²) in [5, 5.41) is 15.9. The quantitative estimate of drug-likeness (QED) is 0.756. The summed E-state index contributed by atoms with van der Waals surface area (Å²) in [7, 11) is 0. The molecule has 0 heterocycles. The van der Waals surface area contributed by atoms with E-state index >= 15 is 0 Å². The second-order valence-corrected chi connectivity index (χ2v) is 5.93. The van der Waals surface area contributed by atoms with Gasteiger partial charge in [0.2, 0.25) is 0 Å². The van der Waals surface area contributed by atoms with Crippen LogP contribution in [0.25, 0.3) is 0 Å². The van der Waals surface area contributed by atoms with Crippen LogP contribution in [0.3, 0.4) is 0 Å². The third-order valence-corrected chi connectivity index (χ3v) is 4.02. The monoisotopic (exact) mass is 306 g/mol. The molecular formula is C17H26N2O3. The lowest BCUT2D eigenvalue weighted by Crippen LogP contribution is -2.45. The van der Waals surface area contributed by atoms with Gasteiger partial charge in [0.15, 0.2) is 0 Å². The van der Waals surface area contributed by atoms with E-state index in [-0.39, 0.29) is 6.03 Å². The summed E-state index contributed by atoms with van der Waals surface area (Å²) in [6, 6.07) is 7.30. The molecule has 1 aromatic carbocycles. The zero-order valence-electron chi connectivity index (χ0n) is 13.2. The molecule has 1 aliphatic carbocycles. The Labute approximate surface area is 132 Å². The lowest BCUT2D eigenvalue weighted by Gasteiger charge is -2.32. The Hall–Kier alpha value is -1.59. The van der Waals surface area contributed by atoms with Crippen LogP contribution >= 0.6 is 0 Å². The maximum absolute atomic E-state index is 12.0. The molecule has 3 N–H and O–H groups in total. The molecule has 1 fully saturated rings. The maximum Gasteiger partial charge on any atom is 0.319 e. The van der Waals surface area contributed by atoms with Gasteiger partial charge in [0.1, 0.15) is 0 Å². The van der Waals surface area contributed by atoms with Crippen LogP contribution in [0.1, 0.15) is 44.6 Å². The molecule has 5 nitrogen and oxygen atoms in total. The van der Waals surface area contributed by atoms with E-state index in [0.717, 1.165) is 36.9 Å². The van der Waals surface area contributed by atoms with Gasteiger partial charge in [-0.1, -0.05) is 31.4 Å². The van der Waals surface area contributed by atoms with Crippen LogP contribution in [-0.4, -0.2) is 29.9 Å². The number of rotatable bonds is 6. The highest BCUT2D eigenvalue weighted by atomic mass is 16.5. The maximum atomic E-state index is 12.0. The Morgan fingerprint density at radius 1 is 1.32 bits per heavy atom. The summed E-state index contributed by atoms with van der Waals surface area (Å²) in [6.45, 7) is 3.45. The van der Waals surface area contributed by atoms with E-state index in [1.165, 1.54) is 6.42 Å². The lowest BCUT2D eigenvalue weighted by atomic mass is 9.85.